The Morgan fingerprint density at radius 3 is 2.90 bits per heavy atom. The largest absolute Gasteiger partial charge is 0.485 e. The summed E-state index contributed by atoms with van der Waals surface area (Å²) in [6.07, 6.45) is 4.00. The van der Waals surface area contributed by atoms with Gasteiger partial charge < -0.3 is 15.8 Å². The van der Waals surface area contributed by atoms with Gasteiger partial charge in [0.1, 0.15) is 12.4 Å². The van der Waals surface area contributed by atoms with Crippen LogP contribution in [-0.2, 0) is 18.6 Å². The van der Waals surface area contributed by atoms with Crippen LogP contribution in [0.25, 0.3) is 11.3 Å². The van der Waals surface area contributed by atoms with Gasteiger partial charge in [-0.15, -0.1) is 12.4 Å². The molecule has 2 aliphatic rings. The first-order valence-corrected chi connectivity index (χ1v) is 9.56. The molecule has 1 spiro atoms. The third-order valence-corrected chi connectivity index (χ3v) is 5.89. The predicted molar refractivity (Wildman–Crippen MR) is 112 cm³/mol. The number of halogens is 2. The number of ether oxygens (including phenoxy) is 1. The number of aryl methyl sites for hydroxylation is 1. The van der Waals surface area contributed by atoms with Gasteiger partial charge >= 0.3 is 0 Å². The van der Waals surface area contributed by atoms with Gasteiger partial charge in [-0.2, -0.15) is 5.10 Å². The predicted octanol–water partition coefficient (Wildman–Crippen LogP) is 3.30. The van der Waals surface area contributed by atoms with Gasteiger partial charge in [0.25, 0.3) is 0 Å². The highest BCUT2D eigenvalue weighted by atomic mass is 35.5. The van der Waals surface area contributed by atoms with Gasteiger partial charge in [-0.3, -0.25) is 4.68 Å². The van der Waals surface area contributed by atoms with Gasteiger partial charge in [0, 0.05) is 41.5 Å². The van der Waals surface area contributed by atoms with E-state index >= 15 is 0 Å². The van der Waals surface area contributed by atoms with Gasteiger partial charge in [-0.1, -0.05) is 18.2 Å². The highest BCUT2D eigenvalue weighted by Crippen LogP contribution is 2.41. The topological polar surface area (TPSA) is 78.0 Å². The van der Waals surface area contributed by atoms with E-state index < -0.39 is 0 Å². The summed E-state index contributed by atoms with van der Waals surface area (Å²) in [4.78, 5) is 4.26. The fourth-order valence-corrected chi connectivity index (χ4v) is 4.26. The van der Waals surface area contributed by atoms with E-state index in [1.54, 1.807) is 24.4 Å². The summed E-state index contributed by atoms with van der Waals surface area (Å²) in [7, 11) is 0. The van der Waals surface area contributed by atoms with E-state index in [9.17, 15) is 4.39 Å². The van der Waals surface area contributed by atoms with E-state index in [0.717, 1.165) is 43.7 Å². The maximum atomic E-state index is 13.8. The molecule has 2 aliphatic heterocycles. The van der Waals surface area contributed by atoms with Crippen molar-refractivity contribution in [1.29, 1.82) is 0 Å². The summed E-state index contributed by atoms with van der Waals surface area (Å²) in [5.41, 5.74) is 9.66. The van der Waals surface area contributed by atoms with Crippen LogP contribution in [0.5, 0.6) is 5.75 Å². The monoisotopic (exact) mass is 415 g/mol. The average molecular weight is 416 g/mol. The first-order valence-electron chi connectivity index (χ1n) is 9.56. The maximum absolute atomic E-state index is 13.8. The molecular formula is C21H23ClFN5O. The molecule has 0 bridgehead atoms. The Morgan fingerprint density at radius 1 is 1.24 bits per heavy atom. The number of fused-ring (bicyclic) bond motifs is 2. The number of nitrogens with one attached hydrogen (secondary N) is 1. The summed E-state index contributed by atoms with van der Waals surface area (Å²) < 4.78 is 21.7. The summed E-state index contributed by atoms with van der Waals surface area (Å²) in [6, 6.07) is 10.5. The molecule has 6 nitrogen and oxygen atoms in total. The molecule has 1 aromatic carbocycles. The molecule has 8 heteroatoms. The molecule has 4 heterocycles. The standard InChI is InChI=1S/C21H22FN5O.ClH/c22-16-4-2-1-3-14(16)12-28-18-9-15(11-25-20(18)23)17-10-19-21(5-7-24-13-21)6-8-27(19)26-17;/h1-4,9-11,24H,5-8,12-13H2,(H2,23,25);1H. The number of anilines is 1. The second-order valence-electron chi connectivity index (χ2n) is 7.58. The Kier molecular flexibility index (Phi) is 5.19. The van der Waals surface area contributed by atoms with Crippen LogP contribution in [0.15, 0.2) is 42.6 Å². The van der Waals surface area contributed by atoms with Crippen LogP contribution < -0.4 is 15.8 Å². The van der Waals surface area contributed by atoms with Crippen molar-refractivity contribution in [3.8, 4) is 17.0 Å². The molecule has 1 atom stereocenters. The third kappa shape index (κ3) is 3.45. The number of nitrogens with two attached hydrogens (primary N) is 1. The molecule has 5 rings (SSSR count). The highest BCUT2D eigenvalue weighted by Gasteiger charge is 2.42. The minimum atomic E-state index is -0.300. The van der Waals surface area contributed by atoms with Crippen LogP contribution in [0.2, 0.25) is 0 Å². The van der Waals surface area contributed by atoms with Crippen LogP contribution in [0.1, 0.15) is 24.1 Å². The molecule has 0 aliphatic carbocycles. The van der Waals surface area contributed by atoms with E-state index in [-0.39, 0.29) is 36.1 Å². The second kappa shape index (κ2) is 7.65. The van der Waals surface area contributed by atoms with Crippen molar-refractivity contribution >= 4 is 18.2 Å². The lowest BCUT2D eigenvalue weighted by atomic mass is 9.82. The van der Waals surface area contributed by atoms with Gasteiger partial charge in [-0.05, 0) is 37.6 Å². The van der Waals surface area contributed by atoms with Crippen molar-refractivity contribution < 1.29 is 9.13 Å². The Balaban J connectivity index is 0.00000205. The quantitative estimate of drug-likeness (QED) is 0.683. The third-order valence-electron chi connectivity index (χ3n) is 5.89. The molecule has 1 fully saturated rings. The smallest absolute Gasteiger partial charge is 0.166 e. The Morgan fingerprint density at radius 2 is 2.10 bits per heavy atom. The van der Waals surface area contributed by atoms with Gasteiger partial charge in [0.2, 0.25) is 0 Å². The van der Waals surface area contributed by atoms with Crippen LogP contribution in [-0.4, -0.2) is 27.9 Å². The lowest BCUT2D eigenvalue weighted by molar-refractivity contribution is 0.300. The van der Waals surface area contributed by atoms with Crippen molar-refractivity contribution in [1.82, 2.24) is 20.1 Å². The van der Waals surface area contributed by atoms with Crippen molar-refractivity contribution in [2.45, 2.75) is 31.4 Å². The second-order valence-corrected chi connectivity index (χ2v) is 7.58. The number of aromatic nitrogens is 3. The lowest BCUT2D eigenvalue weighted by Gasteiger charge is -2.20. The zero-order chi connectivity index (χ0) is 19.1. The number of nitrogen functional groups attached to an aromatic ring is 1. The molecule has 2 aromatic heterocycles. The first-order chi connectivity index (χ1) is 13.6. The first kappa shape index (κ1) is 19.7. The lowest BCUT2D eigenvalue weighted by Crippen LogP contribution is -2.25. The fourth-order valence-electron chi connectivity index (χ4n) is 4.26. The Bertz CT molecular complexity index is 1030. The zero-order valence-corrected chi connectivity index (χ0v) is 16.7. The molecule has 1 unspecified atom stereocenters. The summed E-state index contributed by atoms with van der Waals surface area (Å²) in [5.74, 6) is 0.417. The van der Waals surface area contributed by atoms with Crippen LogP contribution in [0.4, 0.5) is 10.2 Å². The van der Waals surface area contributed by atoms with Gasteiger partial charge in [0.05, 0.1) is 5.69 Å². The van der Waals surface area contributed by atoms with Crippen molar-refractivity contribution in [2.75, 3.05) is 18.8 Å². The van der Waals surface area contributed by atoms with E-state index in [2.05, 4.69) is 21.0 Å². The molecule has 1 saturated heterocycles. The number of rotatable bonds is 4. The number of pyridine rings is 1. The molecule has 0 amide bonds. The Hall–Kier alpha value is -2.64. The van der Waals surface area contributed by atoms with Crippen molar-refractivity contribution in [3.63, 3.8) is 0 Å². The fraction of sp³-hybridized carbons (Fsp3) is 0.333. The molecule has 3 N–H and O–H groups in total. The number of nitrogens with zero attached hydrogens (tertiary/aromatic N) is 3. The number of hydrogen-bond acceptors (Lipinski definition) is 5. The van der Waals surface area contributed by atoms with E-state index in [4.69, 9.17) is 15.6 Å². The Labute approximate surface area is 174 Å². The maximum Gasteiger partial charge on any atom is 0.166 e. The number of benzene rings is 1. The van der Waals surface area contributed by atoms with E-state index in [0.29, 0.717) is 11.3 Å². The minimum absolute atomic E-state index is 0. The molecule has 3 aromatic rings. The normalized spacial score (nSPS) is 19.9. The van der Waals surface area contributed by atoms with E-state index in [1.807, 2.05) is 6.07 Å². The minimum Gasteiger partial charge on any atom is -0.485 e. The highest BCUT2D eigenvalue weighted by molar-refractivity contribution is 5.85. The molecule has 152 valence electrons. The SMILES string of the molecule is Cl.Nc1ncc(-c2cc3n(n2)CCC32CCNC2)cc1OCc1ccccc1F. The van der Waals surface area contributed by atoms with Crippen molar-refractivity contribution in [3.05, 3.63) is 59.7 Å². The van der Waals surface area contributed by atoms with Gasteiger partial charge in [-0.25, -0.2) is 9.37 Å². The molecule has 29 heavy (non-hydrogen) atoms. The molecule has 0 saturated carbocycles. The summed E-state index contributed by atoms with van der Waals surface area (Å²) in [5, 5.41) is 8.25. The number of hydrogen-bond donors (Lipinski definition) is 2. The van der Waals surface area contributed by atoms with Crippen molar-refractivity contribution in [2.24, 2.45) is 0 Å². The van der Waals surface area contributed by atoms with Crippen LogP contribution >= 0.6 is 12.4 Å². The van der Waals surface area contributed by atoms with Crippen LogP contribution in [0, 0.1) is 5.82 Å². The van der Waals surface area contributed by atoms with Crippen LogP contribution in [0.3, 0.4) is 0 Å². The molecular weight excluding hydrogens is 393 g/mol. The van der Waals surface area contributed by atoms with E-state index in [1.165, 1.54) is 11.8 Å². The van der Waals surface area contributed by atoms with Gasteiger partial charge in [0.15, 0.2) is 11.6 Å². The molecule has 0 radical (unpaired) electrons. The zero-order valence-electron chi connectivity index (χ0n) is 15.9. The summed E-state index contributed by atoms with van der Waals surface area (Å²) >= 11 is 0. The average Bonchev–Trinajstić information content (AvgIpc) is 3.41. The summed E-state index contributed by atoms with van der Waals surface area (Å²) in [6.45, 7) is 3.10.